The molecular formula is C20H26O4. The quantitative estimate of drug-likeness (QED) is 0.593. The SMILES string of the molecule is CC1(C)CCC[C@]2(C)[C@H]1CC[C@@]13O[C@@H]1C1=C(CO)C(=O)OC1=C[C@@H]23. The molecule has 0 amide bonds. The summed E-state index contributed by atoms with van der Waals surface area (Å²) in [6.45, 7) is 7.00. The average Bonchev–Trinajstić information content (AvgIpc) is 3.13. The Kier molecular flexibility index (Phi) is 2.74. The molecule has 5 aliphatic rings. The first kappa shape index (κ1) is 15.2. The van der Waals surface area contributed by atoms with Crippen molar-refractivity contribution in [1.29, 1.82) is 0 Å². The maximum atomic E-state index is 12.1. The fourth-order valence-corrected chi connectivity index (χ4v) is 6.78. The largest absolute Gasteiger partial charge is 0.423 e. The molecule has 5 atom stereocenters. The van der Waals surface area contributed by atoms with Crippen LogP contribution in [0.1, 0.15) is 52.9 Å². The van der Waals surface area contributed by atoms with Crippen LogP contribution in [0.3, 0.4) is 0 Å². The summed E-state index contributed by atoms with van der Waals surface area (Å²) in [5.41, 5.74) is 1.62. The van der Waals surface area contributed by atoms with E-state index < -0.39 is 5.97 Å². The van der Waals surface area contributed by atoms with E-state index in [1.807, 2.05) is 0 Å². The minimum absolute atomic E-state index is 0.0566. The highest BCUT2D eigenvalue weighted by Crippen LogP contribution is 2.71. The Morgan fingerprint density at radius 1 is 1.25 bits per heavy atom. The molecule has 5 rings (SSSR count). The number of carbonyl (C=O) groups is 1. The molecule has 0 aromatic rings. The Labute approximate surface area is 142 Å². The summed E-state index contributed by atoms with van der Waals surface area (Å²) in [5, 5.41) is 9.57. The Bertz CT molecular complexity index is 702. The van der Waals surface area contributed by atoms with Gasteiger partial charge in [-0.25, -0.2) is 4.79 Å². The number of aliphatic hydroxyl groups is 1. The average molecular weight is 330 g/mol. The van der Waals surface area contributed by atoms with Crippen LogP contribution in [-0.2, 0) is 14.3 Å². The zero-order valence-electron chi connectivity index (χ0n) is 14.7. The normalized spacial score (nSPS) is 47.9. The Balaban J connectivity index is 1.63. The number of aliphatic hydroxyl groups excluding tert-OH is 1. The van der Waals surface area contributed by atoms with Crippen LogP contribution in [-0.4, -0.2) is 29.4 Å². The van der Waals surface area contributed by atoms with Gasteiger partial charge in [0.1, 0.15) is 17.5 Å². The summed E-state index contributed by atoms with van der Waals surface area (Å²) in [6.07, 6.45) is 8.12. The second-order valence-corrected chi connectivity index (χ2v) is 9.34. The number of fused-ring (bicyclic) bond motifs is 4. The minimum Gasteiger partial charge on any atom is -0.423 e. The first-order valence-corrected chi connectivity index (χ1v) is 9.29. The molecule has 0 bridgehead atoms. The van der Waals surface area contributed by atoms with Crippen molar-refractivity contribution in [2.24, 2.45) is 22.7 Å². The van der Waals surface area contributed by atoms with Gasteiger partial charge in [-0.15, -0.1) is 0 Å². The van der Waals surface area contributed by atoms with E-state index >= 15 is 0 Å². The van der Waals surface area contributed by atoms with E-state index in [-0.39, 0.29) is 23.7 Å². The van der Waals surface area contributed by atoms with E-state index in [0.29, 0.717) is 28.6 Å². The summed E-state index contributed by atoms with van der Waals surface area (Å²) >= 11 is 0. The van der Waals surface area contributed by atoms with Gasteiger partial charge >= 0.3 is 5.97 Å². The van der Waals surface area contributed by atoms with E-state index in [1.165, 1.54) is 25.7 Å². The van der Waals surface area contributed by atoms with Gasteiger partial charge in [0.2, 0.25) is 0 Å². The number of carbonyl (C=O) groups excluding carboxylic acids is 1. The molecule has 0 radical (unpaired) electrons. The van der Waals surface area contributed by atoms with Gasteiger partial charge in [0, 0.05) is 11.5 Å². The fraction of sp³-hybridized carbons (Fsp3) is 0.750. The molecule has 24 heavy (non-hydrogen) atoms. The molecule has 2 aliphatic heterocycles. The molecular weight excluding hydrogens is 304 g/mol. The van der Waals surface area contributed by atoms with Crippen molar-refractivity contribution in [2.45, 2.75) is 64.6 Å². The van der Waals surface area contributed by atoms with Crippen LogP contribution in [0, 0.1) is 22.7 Å². The molecule has 1 saturated heterocycles. The van der Waals surface area contributed by atoms with Gasteiger partial charge in [0.15, 0.2) is 0 Å². The lowest BCUT2D eigenvalue weighted by atomic mass is 9.45. The maximum Gasteiger partial charge on any atom is 0.342 e. The van der Waals surface area contributed by atoms with Crippen molar-refractivity contribution in [3.8, 4) is 0 Å². The van der Waals surface area contributed by atoms with Crippen molar-refractivity contribution in [3.63, 3.8) is 0 Å². The van der Waals surface area contributed by atoms with Gasteiger partial charge in [-0.2, -0.15) is 0 Å². The molecule has 2 saturated carbocycles. The van der Waals surface area contributed by atoms with Gasteiger partial charge in [-0.3, -0.25) is 0 Å². The monoisotopic (exact) mass is 330 g/mol. The molecule has 2 heterocycles. The topological polar surface area (TPSA) is 59.1 Å². The van der Waals surface area contributed by atoms with Crippen molar-refractivity contribution in [2.75, 3.05) is 6.61 Å². The number of ether oxygens (including phenoxy) is 2. The highest BCUT2D eigenvalue weighted by Gasteiger charge is 2.73. The number of hydrogen-bond acceptors (Lipinski definition) is 4. The molecule has 4 nitrogen and oxygen atoms in total. The van der Waals surface area contributed by atoms with Gasteiger partial charge < -0.3 is 14.6 Å². The van der Waals surface area contributed by atoms with Crippen molar-refractivity contribution in [1.82, 2.24) is 0 Å². The van der Waals surface area contributed by atoms with Crippen LogP contribution in [0.15, 0.2) is 23.0 Å². The molecule has 0 unspecified atom stereocenters. The summed E-state index contributed by atoms with van der Waals surface area (Å²) < 4.78 is 11.8. The fourth-order valence-electron chi connectivity index (χ4n) is 6.78. The number of rotatable bonds is 1. The van der Waals surface area contributed by atoms with Crippen molar-refractivity contribution in [3.05, 3.63) is 23.0 Å². The summed E-state index contributed by atoms with van der Waals surface area (Å²) in [5.74, 6) is 1.25. The van der Waals surface area contributed by atoms with Gasteiger partial charge in [-0.1, -0.05) is 27.2 Å². The maximum absolute atomic E-state index is 12.1. The molecule has 1 spiro atoms. The number of esters is 1. The first-order chi connectivity index (χ1) is 11.3. The minimum atomic E-state index is -0.395. The molecule has 130 valence electrons. The lowest BCUT2D eigenvalue weighted by Crippen LogP contribution is -2.55. The molecule has 3 fully saturated rings. The van der Waals surface area contributed by atoms with Gasteiger partial charge in [-0.05, 0) is 48.5 Å². The predicted molar refractivity (Wildman–Crippen MR) is 87.8 cm³/mol. The van der Waals surface area contributed by atoms with Crippen LogP contribution in [0.5, 0.6) is 0 Å². The lowest BCUT2D eigenvalue weighted by molar-refractivity contribution is -0.134. The third kappa shape index (κ3) is 1.60. The molecule has 0 aromatic heterocycles. The smallest absolute Gasteiger partial charge is 0.342 e. The molecule has 1 N–H and O–H groups in total. The highest BCUT2D eigenvalue weighted by atomic mass is 16.6. The Morgan fingerprint density at radius 3 is 2.79 bits per heavy atom. The summed E-state index contributed by atoms with van der Waals surface area (Å²) in [6, 6.07) is 0. The van der Waals surface area contributed by atoms with Gasteiger partial charge in [0.05, 0.1) is 12.2 Å². The summed E-state index contributed by atoms with van der Waals surface area (Å²) in [4.78, 5) is 12.1. The third-order valence-electron chi connectivity index (χ3n) is 7.84. The van der Waals surface area contributed by atoms with Crippen LogP contribution in [0.25, 0.3) is 0 Å². The van der Waals surface area contributed by atoms with Crippen molar-refractivity contribution >= 4 is 5.97 Å². The van der Waals surface area contributed by atoms with Crippen LogP contribution < -0.4 is 0 Å². The zero-order chi connectivity index (χ0) is 16.9. The Hall–Kier alpha value is -1.13. The highest BCUT2D eigenvalue weighted by molar-refractivity contribution is 5.95. The number of epoxide rings is 1. The van der Waals surface area contributed by atoms with Gasteiger partial charge in [0.25, 0.3) is 0 Å². The second kappa shape index (κ2) is 4.34. The van der Waals surface area contributed by atoms with E-state index in [0.717, 1.165) is 12.0 Å². The zero-order valence-corrected chi connectivity index (χ0v) is 14.7. The van der Waals surface area contributed by atoms with Crippen LogP contribution in [0.2, 0.25) is 0 Å². The third-order valence-corrected chi connectivity index (χ3v) is 7.84. The van der Waals surface area contributed by atoms with E-state index in [4.69, 9.17) is 9.47 Å². The van der Waals surface area contributed by atoms with Crippen molar-refractivity contribution < 1.29 is 19.4 Å². The standard InChI is InChI=1S/C20H26O4/c1-18(2)6-4-7-19(3)13(18)5-8-20-14(19)9-12-15(16(20)24-20)11(10-21)17(22)23-12/h9,13-14,16,21H,4-8,10H2,1-3H3/t13-,14-,16+,19+,20-/m0/s1. The lowest BCUT2D eigenvalue weighted by Gasteiger charge is -2.59. The molecule has 4 heteroatoms. The molecule has 0 aromatic carbocycles. The first-order valence-electron chi connectivity index (χ1n) is 9.29. The van der Waals surface area contributed by atoms with E-state index in [1.54, 1.807) is 0 Å². The predicted octanol–water partition coefficient (Wildman–Crippen LogP) is 3.11. The number of hydrogen-bond donors (Lipinski definition) is 1. The van der Waals surface area contributed by atoms with E-state index in [2.05, 4.69) is 26.8 Å². The second-order valence-electron chi connectivity index (χ2n) is 9.34. The van der Waals surface area contributed by atoms with Crippen LogP contribution >= 0.6 is 0 Å². The summed E-state index contributed by atoms with van der Waals surface area (Å²) in [7, 11) is 0. The Morgan fingerprint density at radius 2 is 2.04 bits per heavy atom. The van der Waals surface area contributed by atoms with Crippen LogP contribution in [0.4, 0.5) is 0 Å². The van der Waals surface area contributed by atoms with E-state index in [9.17, 15) is 9.90 Å². The molecule has 3 aliphatic carbocycles.